The van der Waals surface area contributed by atoms with Crippen LogP contribution in [0.3, 0.4) is 0 Å². The van der Waals surface area contributed by atoms with Crippen molar-refractivity contribution in [2.45, 2.75) is 13.3 Å². The van der Waals surface area contributed by atoms with Gasteiger partial charge in [-0.05, 0) is 61.3 Å². The lowest BCUT2D eigenvalue weighted by atomic mass is 10.1. The van der Waals surface area contributed by atoms with Gasteiger partial charge in [0.1, 0.15) is 5.75 Å². The molecule has 0 atom stereocenters. The predicted octanol–water partition coefficient (Wildman–Crippen LogP) is 3.54. The number of hydrogen-bond acceptors (Lipinski definition) is 3. The fourth-order valence-electron chi connectivity index (χ4n) is 2.15. The number of aryl methyl sites for hydroxylation is 1. The number of carbonyl (C=O) groups is 1. The van der Waals surface area contributed by atoms with Crippen LogP contribution in [0.25, 0.3) is 0 Å². The first-order valence-corrected chi connectivity index (χ1v) is 8.27. The second kappa shape index (κ2) is 8.70. The summed E-state index contributed by atoms with van der Waals surface area (Å²) in [5.41, 5.74) is 3.12. The van der Waals surface area contributed by atoms with E-state index >= 15 is 0 Å². The van der Waals surface area contributed by atoms with Gasteiger partial charge in [0.05, 0.1) is 13.7 Å². The van der Waals surface area contributed by atoms with Gasteiger partial charge < -0.3 is 15.4 Å². The smallest absolute Gasteiger partial charge is 0.238 e. The molecule has 1 amide bonds. The molecule has 2 N–H and O–H groups in total. The summed E-state index contributed by atoms with van der Waals surface area (Å²) in [5.74, 6) is 0.812. The Morgan fingerprint density at radius 1 is 1.17 bits per heavy atom. The van der Waals surface area contributed by atoms with E-state index in [0.29, 0.717) is 6.54 Å². The first kappa shape index (κ1) is 17.5. The van der Waals surface area contributed by atoms with Gasteiger partial charge in [0.15, 0.2) is 0 Å². The van der Waals surface area contributed by atoms with Crippen LogP contribution in [0.15, 0.2) is 46.9 Å². The van der Waals surface area contributed by atoms with Crippen LogP contribution in [-0.2, 0) is 11.2 Å². The molecule has 0 saturated heterocycles. The Labute approximate surface area is 145 Å². The summed E-state index contributed by atoms with van der Waals surface area (Å²) in [5, 5.41) is 6.04. The highest BCUT2D eigenvalue weighted by atomic mass is 79.9. The Hall–Kier alpha value is -1.85. The van der Waals surface area contributed by atoms with Crippen molar-refractivity contribution in [3.8, 4) is 5.75 Å². The molecule has 0 radical (unpaired) electrons. The molecular formula is C18H21BrN2O2. The van der Waals surface area contributed by atoms with Crippen molar-refractivity contribution < 1.29 is 9.53 Å². The molecule has 2 aromatic rings. The molecule has 0 bridgehead atoms. The molecule has 23 heavy (non-hydrogen) atoms. The van der Waals surface area contributed by atoms with Crippen molar-refractivity contribution in [1.82, 2.24) is 5.32 Å². The van der Waals surface area contributed by atoms with Crippen molar-refractivity contribution in [2.75, 3.05) is 25.5 Å². The summed E-state index contributed by atoms with van der Waals surface area (Å²) < 4.78 is 6.16. The largest absolute Gasteiger partial charge is 0.497 e. The van der Waals surface area contributed by atoms with Gasteiger partial charge >= 0.3 is 0 Å². The average Bonchev–Trinajstić information content (AvgIpc) is 2.55. The van der Waals surface area contributed by atoms with Gasteiger partial charge in [-0.2, -0.15) is 0 Å². The summed E-state index contributed by atoms with van der Waals surface area (Å²) >= 11 is 3.45. The lowest BCUT2D eigenvalue weighted by Gasteiger charge is -2.08. The fraction of sp³-hybridized carbons (Fsp3) is 0.278. The number of carbonyl (C=O) groups excluding carboxylic acids is 1. The number of ether oxygens (including phenoxy) is 1. The number of benzene rings is 2. The highest BCUT2D eigenvalue weighted by Crippen LogP contribution is 2.19. The van der Waals surface area contributed by atoms with Crippen LogP contribution in [0.2, 0.25) is 0 Å². The van der Waals surface area contributed by atoms with Gasteiger partial charge in [-0.25, -0.2) is 0 Å². The minimum atomic E-state index is -0.0403. The Balaban J connectivity index is 1.70. The Kier molecular flexibility index (Phi) is 6.62. The lowest BCUT2D eigenvalue weighted by molar-refractivity contribution is -0.115. The molecule has 0 aliphatic heterocycles. The minimum absolute atomic E-state index is 0.0403. The number of anilines is 1. The summed E-state index contributed by atoms with van der Waals surface area (Å²) in [6.07, 6.45) is 0.870. The second-order valence-electron chi connectivity index (χ2n) is 5.29. The molecular weight excluding hydrogens is 356 g/mol. The maximum atomic E-state index is 11.9. The van der Waals surface area contributed by atoms with Crippen LogP contribution in [0.5, 0.6) is 5.75 Å². The zero-order valence-electron chi connectivity index (χ0n) is 13.4. The van der Waals surface area contributed by atoms with Crippen LogP contribution >= 0.6 is 15.9 Å². The summed E-state index contributed by atoms with van der Waals surface area (Å²) in [7, 11) is 1.65. The van der Waals surface area contributed by atoms with Crippen molar-refractivity contribution >= 4 is 27.5 Å². The first-order chi connectivity index (χ1) is 11.1. The third-order valence-corrected chi connectivity index (χ3v) is 4.37. The molecule has 0 aromatic heterocycles. The molecule has 5 heteroatoms. The van der Waals surface area contributed by atoms with Crippen LogP contribution < -0.4 is 15.4 Å². The molecule has 2 aromatic carbocycles. The van der Waals surface area contributed by atoms with Crippen LogP contribution in [0.4, 0.5) is 5.69 Å². The van der Waals surface area contributed by atoms with Crippen LogP contribution in [0.1, 0.15) is 11.1 Å². The van der Waals surface area contributed by atoms with Crippen molar-refractivity contribution in [1.29, 1.82) is 0 Å². The topological polar surface area (TPSA) is 50.4 Å². The van der Waals surface area contributed by atoms with E-state index in [-0.39, 0.29) is 5.91 Å². The van der Waals surface area contributed by atoms with E-state index in [1.54, 1.807) is 7.11 Å². The van der Waals surface area contributed by atoms with Gasteiger partial charge in [0.25, 0.3) is 0 Å². The molecule has 0 fully saturated rings. The summed E-state index contributed by atoms with van der Waals surface area (Å²) in [6.45, 7) is 3.04. The van der Waals surface area contributed by atoms with Crippen molar-refractivity contribution in [2.24, 2.45) is 0 Å². The van der Waals surface area contributed by atoms with Gasteiger partial charge in [-0.3, -0.25) is 4.79 Å². The second-order valence-corrected chi connectivity index (χ2v) is 6.14. The highest BCUT2D eigenvalue weighted by molar-refractivity contribution is 9.10. The number of halogens is 1. The third kappa shape index (κ3) is 5.69. The number of nitrogens with one attached hydrogen (secondary N) is 2. The molecule has 0 heterocycles. The summed E-state index contributed by atoms with van der Waals surface area (Å²) in [6, 6.07) is 13.7. The molecule has 0 unspecified atom stereocenters. The van der Waals surface area contributed by atoms with Crippen molar-refractivity contribution in [3.63, 3.8) is 0 Å². The van der Waals surface area contributed by atoms with Gasteiger partial charge in [-0.15, -0.1) is 0 Å². The third-order valence-electron chi connectivity index (χ3n) is 3.48. The Morgan fingerprint density at radius 2 is 1.91 bits per heavy atom. The van der Waals surface area contributed by atoms with Crippen molar-refractivity contribution in [3.05, 3.63) is 58.1 Å². The van der Waals surface area contributed by atoms with E-state index in [2.05, 4.69) is 26.6 Å². The minimum Gasteiger partial charge on any atom is -0.497 e. The van der Waals surface area contributed by atoms with E-state index in [0.717, 1.165) is 34.4 Å². The monoisotopic (exact) mass is 376 g/mol. The molecule has 0 aliphatic carbocycles. The standard InChI is InChI=1S/C18H21BrN2O2/c1-13-11-15(5-8-17(13)19)21-18(22)12-20-10-9-14-3-6-16(23-2)7-4-14/h3-8,11,20H,9-10,12H2,1-2H3,(H,21,22). The normalized spacial score (nSPS) is 10.4. The van der Waals surface area contributed by atoms with E-state index < -0.39 is 0 Å². The molecule has 4 nitrogen and oxygen atoms in total. The van der Waals surface area contributed by atoms with E-state index in [4.69, 9.17) is 4.74 Å². The maximum absolute atomic E-state index is 11.9. The molecule has 2 rings (SSSR count). The van der Waals surface area contributed by atoms with Crippen LogP contribution in [-0.4, -0.2) is 26.1 Å². The summed E-state index contributed by atoms with van der Waals surface area (Å²) in [4.78, 5) is 11.9. The quantitative estimate of drug-likeness (QED) is 0.726. The molecule has 122 valence electrons. The Bertz CT molecular complexity index is 657. The number of hydrogen-bond donors (Lipinski definition) is 2. The van der Waals surface area contributed by atoms with Gasteiger partial charge in [0, 0.05) is 10.2 Å². The zero-order valence-corrected chi connectivity index (χ0v) is 14.9. The number of rotatable bonds is 7. The highest BCUT2D eigenvalue weighted by Gasteiger charge is 2.03. The van der Waals surface area contributed by atoms with E-state index in [1.165, 1.54) is 5.56 Å². The fourth-order valence-corrected chi connectivity index (χ4v) is 2.40. The van der Waals surface area contributed by atoms with E-state index in [1.807, 2.05) is 49.4 Å². The SMILES string of the molecule is COc1ccc(CCNCC(=O)Nc2ccc(Br)c(C)c2)cc1. The van der Waals surface area contributed by atoms with Gasteiger partial charge in [-0.1, -0.05) is 28.1 Å². The zero-order chi connectivity index (χ0) is 16.7. The van der Waals surface area contributed by atoms with Gasteiger partial charge in [0.2, 0.25) is 5.91 Å². The number of methoxy groups -OCH3 is 1. The first-order valence-electron chi connectivity index (χ1n) is 7.48. The predicted molar refractivity (Wildman–Crippen MR) is 97.1 cm³/mol. The lowest BCUT2D eigenvalue weighted by Crippen LogP contribution is -2.29. The molecule has 0 saturated carbocycles. The molecule has 0 aliphatic rings. The van der Waals surface area contributed by atoms with Crippen LogP contribution in [0, 0.1) is 6.92 Å². The maximum Gasteiger partial charge on any atom is 0.238 e. The molecule has 0 spiro atoms. The average molecular weight is 377 g/mol. The Morgan fingerprint density at radius 3 is 2.57 bits per heavy atom. The van der Waals surface area contributed by atoms with E-state index in [9.17, 15) is 4.79 Å². The number of amides is 1.